The molecule has 0 heterocycles. The first-order valence-electron chi connectivity index (χ1n) is 6.51. The second-order valence-electron chi connectivity index (χ2n) is 5.79. The van der Waals surface area contributed by atoms with E-state index in [1.807, 2.05) is 20.8 Å². The molecule has 0 aliphatic carbocycles. The van der Waals surface area contributed by atoms with Gasteiger partial charge in [-0.2, -0.15) is 0 Å². The molecule has 0 radical (unpaired) electrons. The molecule has 18 heavy (non-hydrogen) atoms. The van der Waals surface area contributed by atoms with Gasteiger partial charge < -0.3 is 4.90 Å². The van der Waals surface area contributed by atoms with Crippen LogP contribution in [0.4, 0.5) is 0 Å². The molecule has 0 atom stereocenters. The van der Waals surface area contributed by atoms with E-state index in [9.17, 15) is 9.59 Å². The van der Waals surface area contributed by atoms with E-state index in [4.69, 9.17) is 5.21 Å². The molecule has 2 N–H and O–H groups in total. The van der Waals surface area contributed by atoms with Crippen LogP contribution >= 0.6 is 0 Å². The summed E-state index contributed by atoms with van der Waals surface area (Å²) >= 11 is 0. The molecule has 0 aliphatic rings. The number of rotatable bonds is 7. The van der Waals surface area contributed by atoms with Crippen LogP contribution in [0.1, 0.15) is 53.4 Å². The second-order valence-corrected chi connectivity index (χ2v) is 5.79. The van der Waals surface area contributed by atoms with Gasteiger partial charge in [-0.1, -0.05) is 40.5 Å². The number of unbranched alkanes of at least 4 members (excludes halogenated alkanes) is 2. The van der Waals surface area contributed by atoms with Crippen LogP contribution in [0.5, 0.6) is 0 Å². The Morgan fingerprint density at radius 2 is 1.83 bits per heavy atom. The Hall–Kier alpha value is -1.10. The maximum Gasteiger partial charge on any atom is 0.262 e. The van der Waals surface area contributed by atoms with E-state index >= 15 is 0 Å². The number of nitrogens with zero attached hydrogens (tertiary/aromatic N) is 1. The maximum atomic E-state index is 12.1. The molecule has 0 unspecified atom stereocenters. The highest BCUT2D eigenvalue weighted by Crippen LogP contribution is 2.20. The summed E-state index contributed by atoms with van der Waals surface area (Å²) in [5.41, 5.74) is 1.47. The Labute approximate surface area is 109 Å². The van der Waals surface area contributed by atoms with E-state index in [1.165, 1.54) is 4.90 Å². The summed E-state index contributed by atoms with van der Waals surface area (Å²) in [6.45, 7) is 8.54. The lowest BCUT2D eigenvalue weighted by Gasteiger charge is -2.26. The fourth-order valence-corrected chi connectivity index (χ4v) is 1.62. The minimum Gasteiger partial charge on any atom is -0.333 e. The van der Waals surface area contributed by atoms with Crippen LogP contribution < -0.4 is 5.48 Å². The average molecular weight is 258 g/mol. The van der Waals surface area contributed by atoms with Crippen molar-refractivity contribution in [3.05, 3.63) is 0 Å². The summed E-state index contributed by atoms with van der Waals surface area (Å²) < 4.78 is 0. The monoisotopic (exact) mass is 258 g/mol. The number of nitrogens with one attached hydrogen (secondary N) is 1. The molecule has 0 spiro atoms. The van der Waals surface area contributed by atoms with Crippen molar-refractivity contribution in [2.75, 3.05) is 13.1 Å². The fraction of sp³-hybridized carbons (Fsp3) is 0.846. The van der Waals surface area contributed by atoms with Crippen molar-refractivity contribution in [3.63, 3.8) is 0 Å². The molecular formula is C13H26N2O3. The van der Waals surface area contributed by atoms with Crippen molar-refractivity contribution < 1.29 is 14.8 Å². The molecule has 5 nitrogen and oxygen atoms in total. The number of hydroxylamine groups is 1. The van der Waals surface area contributed by atoms with Crippen LogP contribution in [0.15, 0.2) is 0 Å². The molecule has 0 bridgehead atoms. The highest BCUT2D eigenvalue weighted by atomic mass is 16.5. The number of hydrogen-bond acceptors (Lipinski definition) is 3. The third-order valence-electron chi connectivity index (χ3n) is 2.53. The molecule has 0 aliphatic heterocycles. The van der Waals surface area contributed by atoms with Crippen molar-refractivity contribution >= 4 is 11.8 Å². The summed E-state index contributed by atoms with van der Waals surface area (Å²) in [6.07, 6.45) is 3.37. The van der Waals surface area contributed by atoms with E-state index in [0.29, 0.717) is 13.0 Å². The van der Waals surface area contributed by atoms with Gasteiger partial charge in [0.15, 0.2) is 0 Å². The fourth-order valence-electron chi connectivity index (χ4n) is 1.62. The van der Waals surface area contributed by atoms with Gasteiger partial charge in [-0.3, -0.25) is 14.8 Å². The van der Waals surface area contributed by atoms with Crippen molar-refractivity contribution in [1.82, 2.24) is 10.4 Å². The lowest BCUT2D eigenvalue weighted by Crippen LogP contribution is -2.41. The zero-order chi connectivity index (χ0) is 14.2. The van der Waals surface area contributed by atoms with Crippen LogP contribution in [0.2, 0.25) is 0 Å². The number of hydrogen-bond donors (Lipinski definition) is 2. The third kappa shape index (κ3) is 8.06. The standard InChI is InChI=1S/C13H26N2O3/c1-5-6-7-8-15(10-11(16)14-18)12(17)9-13(2,3)4/h18H,5-10H2,1-4H3,(H,14,16). The van der Waals surface area contributed by atoms with Gasteiger partial charge in [0.25, 0.3) is 5.91 Å². The Balaban J connectivity index is 4.43. The van der Waals surface area contributed by atoms with Crippen molar-refractivity contribution in [2.45, 2.75) is 53.4 Å². The van der Waals surface area contributed by atoms with E-state index in [1.54, 1.807) is 5.48 Å². The molecule has 5 heteroatoms. The van der Waals surface area contributed by atoms with E-state index in [-0.39, 0.29) is 17.9 Å². The molecule has 0 saturated heterocycles. The first-order chi connectivity index (χ1) is 8.30. The first kappa shape index (κ1) is 16.9. The van der Waals surface area contributed by atoms with Gasteiger partial charge in [0.1, 0.15) is 6.54 Å². The van der Waals surface area contributed by atoms with Crippen LogP contribution in [-0.4, -0.2) is 35.0 Å². The molecule has 106 valence electrons. The molecule has 2 amide bonds. The first-order valence-corrected chi connectivity index (χ1v) is 6.51. The van der Waals surface area contributed by atoms with Gasteiger partial charge in [-0.25, -0.2) is 5.48 Å². The summed E-state index contributed by atoms with van der Waals surface area (Å²) in [5, 5.41) is 8.53. The largest absolute Gasteiger partial charge is 0.333 e. The van der Waals surface area contributed by atoms with Gasteiger partial charge in [0.2, 0.25) is 5.91 Å². The SMILES string of the molecule is CCCCCN(CC(=O)NO)C(=O)CC(C)(C)C. The normalized spacial score (nSPS) is 11.2. The zero-order valence-corrected chi connectivity index (χ0v) is 12.0. The second kappa shape index (κ2) is 8.08. The predicted molar refractivity (Wildman–Crippen MR) is 70.1 cm³/mol. The molecule has 0 rings (SSSR count). The minimum atomic E-state index is -0.547. The van der Waals surface area contributed by atoms with Crippen LogP contribution in [-0.2, 0) is 9.59 Å². The van der Waals surface area contributed by atoms with Crippen LogP contribution in [0.3, 0.4) is 0 Å². The highest BCUT2D eigenvalue weighted by Gasteiger charge is 2.22. The molecule has 0 fully saturated rings. The van der Waals surface area contributed by atoms with Crippen LogP contribution in [0, 0.1) is 5.41 Å². The third-order valence-corrected chi connectivity index (χ3v) is 2.53. The molecule has 0 aromatic heterocycles. The van der Waals surface area contributed by atoms with Gasteiger partial charge in [-0.15, -0.1) is 0 Å². The number of amides is 2. The molecule has 0 aromatic carbocycles. The van der Waals surface area contributed by atoms with E-state index < -0.39 is 5.91 Å². The summed E-state index contributed by atoms with van der Waals surface area (Å²) in [4.78, 5) is 24.8. The number of carbonyl (C=O) groups excluding carboxylic acids is 2. The molecule has 0 aromatic rings. The Bertz CT molecular complexity index is 272. The maximum absolute atomic E-state index is 12.1. The van der Waals surface area contributed by atoms with Gasteiger partial charge in [0, 0.05) is 13.0 Å². The summed E-state index contributed by atoms with van der Waals surface area (Å²) in [6, 6.07) is 0. The Morgan fingerprint density at radius 3 is 2.28 bits per heavy atom. The molecule has 0 saturated carbocycles. The van der Waals surface area contributed by atoms with Crippen molar-refractivity contribution in [2.24, 2.45) is 5.41 Å². The van der Waals surface area contributed by atoms with Gasteiger partial charge >= 0.3 is 0 Å². The predicted octanol–water partition coefficient (Wildman–Crippen LogP) is 1.95. The summed E-state index contributed by atoms with van der Waals surface area (Å²) in [5.74, 6) is -0.587. The van der Waals surface area contributed by atoms with Crippen LogP contribution in [0.25, 0.3) is 0 Å². The highest BCUT2D eigenvalue weighted by molar-refractivity contribution is 5.84. The quantitative estimate of drug-likeness (QED) is 0.416. The minimum absolute atomic E-state index is 0.0396. The van der Waals surface area contributed by atoms with E-state index in [2.05, 4.69) is 6.92 Å². The lowest BCUT2D eigenvalue weighted by atomic mass is 9.91. The lowest BCUT2D eigenvalue weighted by molar-refractivity contribution is -0.140. The topological polar surface area (TPSA) is 69.6 Å². The molecular weight excluding hydrogens is 232 g/mol. The van der Waals surface area contributed by atoms with E-state index in [0.717, 1.165) is 19.3 Å². The van der Waals surface area contributed by atoms with Crippen molar-refractivity contribution in [1.29, 1.82) is 0 Å². The van der Waals surface area contributed by atoms with Gasteiger partial charge in [0.05, 0.1) is 0 Å². The Morgan fingerprint density at radius 1 is 1.22 bits per heavy atom. The average Bonchev–Trinajstić information content (AvgIpc) is 2.25. The smallest absolute Gasteiger partial charge is 0.262 e. The number of carbonyl (C=O) groups is 2. The summed E-state index contributed by atoms with van der Waals surface area (Å²) in [7, 11) is 0. The Kier molecular flexibility index (Phi) is 7.59. The van der Waals surface area contributed by atoms with Crippen molar-refractivity contribution in [3.8, 4) is 0 Å². The van der Waals surface area contributed by atoms with Gasteiger partial charge in [-0.05, 0) is 11.8 Å². The zero-order valence-electron chi connectivity index (χ0n) is 12.0.